The summed E-state index contributed by atoms with van der Waals surface area (Å²) >= 11 is 0. The molecule has 64 valence electrons. The Morgan fingerprint density at radius 2 is 1.91 bits per heavy atom. The summed E-state index contributed by atoms with van der Waals surface area (Å²) in [5.74, 6) is 0. The first-order valence-electron chi connectivity index (χ1n) is 3.20. The van der Waals surface area contributed by atoms with Crippen molar-refractivity contribution < 1.29 is 22.7 Å². The van der Waals surface area contributed by atoms with Crippen molar-refractivity contribution in [1.29, 1.82) is 0 Å². The maximum atomic E-state index is 12.1. The molecule has 5 heteroatoms. The van der Waals surface area contributed by atoms with E-state index in [9.17, 15) is 18.0 Å². The molecule has 1 fully saturated rings. The van der Waals surface area contributed by atoms with Gasteiger partial charge in [-0.2, -0.15) is 13.2 Å². The maximum absolute atomic E-state index is 12.1. The normalized spacial score (nSPS) is 22.1. The highest BCUT2D eigenvalue weighted by Crippen LogP contribution is 2.47. The fourth-order valence-electron chi connectivity index (χ4n) is 1.06. The lowest BCUT2D eigenvalue weighted by Gasteiger charge is -2.40. The van der Waals surface area contributed by atoms with E-state index in [0.717, 1.165) is 0 Å². The summed E-state index contributed by atoms with van der Waals surface area (Å²) in [5, 5.41) is 0. The molecular weight excluding hydrogens is 161 g/mol. The Labute approximate surface area is 61.3 Å². The van der Waals surface area contributed by atoms with Gasteiger partial charge in [-0.25, -0.2) is 0 Å². The first-order chi connectivity index (χ1) is 5.02. The van der Waals surface area contributed by atoms with Crippen molar-refractivity contribution in [2.24, 2.45) is 0 Å². The van der Waals surface area contributed by atoms with Crippen molar-refractivity contribution in [3.05, 3.63) is 0 Å². The monoisotopic (exact) mass is 168 g/mol. The molecule has 0 aromatic heterocycles. The Hall–Kier alpha value is -0.740. The molecule has 0 radical (unpaired) electrons. The summed E-state index contributed by atoms with van der Waals surface area (Å²) in [4.78, 5) is 9.74. The van der Waals surface area contributed by atoms with E-state index in [-0.39, 0.29) is 19.3 Å². The molecule has 1 saturated carbocycles. The van der Waals surface area contributed by atoms with Gasteiger partial charge in [0, 0.05) is 0 Å². The van der Waals surface area contributed by atoms with Crippen LogP contribution < -0.4 is 0 Å². The molecule has 2 nitrogen and oxygen atoms in total. The first kappa shape index (κ1) is 8.36. The highest BCUT2D eigenvalue weighted by molar-refractivity contribution is 5.39. The molecule has 0 heterocycles. The van der Waals surface area contributed by atoms with Crippen LogP contribution in [0.3, 0.4) is 0 Å². The Balaban J connectivity index is 2.67. The number of ether oxygens (including phenoxy) is 1. The average molecular weight is 168 g/mol. The van der Waals surface area contributed by atoms with E-state index in [1.807, 2.05) is 0 Å². The molecule has 0 unspecified atom stereocenters. The highest BCUT2D eigenvalue weighted by Gasteiger charge is 2.60. The smallest absolute Gasteiger partial charge is 0.428 e. The Morgan fingerprint density at radius 1 is 1.36 bits per heavy atom. The third kappa shape index (κ3) is 1.19. The summed E-state index contributed by atoms with van der Waals surface area (Å²) in [6.45, 7) is -0.132. The standard InChI is InChI=1S/C6H7F3O2/c7-6(8,9)5(11-4-10)2-1-3-5/h4H,1-3H2. The largest absolute Gasteiger partial charge is 0.452 e. The van der Waals surface area contributed by atoms with Gasteiger partial charge < -0.3 is 4.74 Å². The molecule has 0 aliphatic heterocycles. The highest BCUT2D eigenvalue weighted by atomic mass is 19.4. The molecule has 0 amide bonds. The predicted octanol–water partition coefficient (Wildman–Crippen LogP) is 1.64. The van der Waals surface area contributed by atoms with Crippen molar-refractivity contribution in [3.63, 3.8) is 0 Å². The minimum Gasteiger partial charge on any atom is -0.452 e. The summed E-state index contributed by atoms with van der Waals surface area (Å²) in [6.07, 6.45) is -4.15. The minimum atomic E-state index is -4.41. The Bertz CT molecular complexity index is 160. The Kier molecular flexibility index (Phi) is 1.82. The molecule has 0 saturated heterocycles. The third-order valence-corrected chi connectivity index (χ3v) is 1.95. The van der Waals surface area contributed by atoms with Gasteiger partial charge in [0.15, 0.2) is 0 Å². The second kappa shape index (κ2) is 2.39. The van der Waals surface area contributed by atoms with Crippen LogP contribution in [-0.2, 0) is 9.53 Å². The van der Waals surface area contributed by atoms with E-state index in [4.69, 9.17) is 0 Å². The van der Waals surface area contributed by atoms with Crippen LogP contribution >= 0.6 is 0 Å². The zero-order valence-corrected chi connectivity index (χ0v) is 5.65. The van der Waals surface area contributed by atoms with Gasteiger partial charge in [-0.1, -0.05) is 0 Å². The molecular formula is C6H7F3O2. The van der Waals surface area contributed by atoms with Gasteiger partial charge >= 0.3 is 6.18 Å². The minimum absolute atomic E-state index is 0.102. The lowest BCUT2D eigenvalue weighted by Crippen LogP contribution is -2.52. The van der Waals surface area contributed by atoms with E-state index < -0.39 is 11.8 Å². The van der Waals surface area contributed by atoms with Gasteiger partial charge in [-0.15, -0.1) is 0 Å². The van der Waals surface area contributed by atoms with Crippen LogP contribution in [0.5, 0.6) is 0 Å². The lowest BCUT2D eigenvalue weighted by molar-refractivity contribution is -0.289. The second-order valence-electron chi connectivity index (χ2n) is 2.56. The van der Waals surface area contributed by atoms with Crippen molar-refractivity contribution in [2.45, 2.75) is 31.0 Å². The number of carbonyl (C=O) groups is 1. The first-order valence-corrected chi connectivity index (χ1v) is 3.20. The molecule has 0 aromatic rings. The van der Waals surface area contributed by atoms with Crippen LogP contribution in [0, 0.1) is 0 Å². The number of hydrogen-bond acceptors (Lipinski definition) is 2. The van der Waals surface area contributed by atoms with Crippen LogP contribution in [0.1, 0.15) is 19.3 Å². The quantitative estimate of drug-likeness (QED) is 0.586. The zero-order valence-electron chi connectivity index (χ0n) is 5.65. The van der Waals surface area contributed by atoms with Crippen LogP contribution in [0.4, 0.5) is 13.2 Å². The molecule has 0 atom stereocenters. The van der Waals surface area contributed by atoms with Gasteiger partial charge in [0.2, 0.25) is 5.60 Å². The molecule has 1 aliphatic rings. The molecule has 1 aliphatic carbocycles. The topological polar surface area (TPSA) is 26.3 Å². The van der Waals surface area contributed by atoms with Crippen LogP contribution in [0.25, 0.3) is 0 Å². The van der Waals surface area contributed by atoms with Crippen molar-refractivity contribution in [1.82, 2.24) is 0 Å². The number of carbonyl (C=O) groups excluding carboxylic acids is 1. The fraction of sp³-hybridized carbons (Fsp3) is 0.833. The summed E-state index contributed by atoms with van der Waals surface area (Å²) in [5.41, 5.74) is -2.16. The third-order valence-electron chi connectivity index (χ3n) is 1.95. The average Bonchev–Trinajstić information content (AvgIpc) is 1.75. The van der Waals surface area contributed by atoms with Crippen molar-refractivity contribution in [3.8, 4) is 0 Å². The van der Waals surface area contributed by atoms with E-state index in [1.165, 1.54) is 0 Å². The van der Waals surface area contributed by atoms with Crippen LogP contribution in [0.2, 0.25) is 0 Å². The lowest BCUT2D eigenvalue weighted by atomic mass is 9.79. The van der Waals surface area contributed by atoms with E-state index in [2.05, 4.69) is 4.74 Å². The van der Waals surface area contributed by atoms with E-state index in [1.54, 1.807) is 0 Å². The number of hydrogen-bond donors (Lipinski definition) is 0. The number of rotatable bonds is 2. The summed E-state index contributed by atoms with van der Waals surface area (Å²) in [7, 11) is 0. The Morgan fingerprint density at radius 3 is 2.00 bits per heavy atom. The van der Waals surface area contributed by atoms with E-state index in [0.29, 0.717) is 6.42 Å². The maximum Gasteiger partial charge on any atom is 0.428 e. The molecule has 0 spiro atoms. The van der Waals surface area contributed by atoms with Gasteiger partial charge in [0.25, 0.3) is 6.47 Å². The molecule has 0 aromatic carbocycles. The number of halogens is 3. The van der Waals surface area contributed by atoms with Crippen molar-refractivity contribution >= 4 is 6.47 Å². The zero-order chi connectivity index (χ0) is 8.54. The molecule has 0 bridgehead atoms. The molecule has 0 N–H and O–H groups in total. The molecule has 1 rings (SSSR count). The van der Waals surface area contributed by atoms with Crippen molar-refractivity contribution in [2.75, 3.05) is 0 Å². The second-order valence-corrected chi connectivity index (χ2v) is 2.56. The molecule has 11 heavy (non-hydrogen) atoms. The van der Waals surface area contributed by atoms with Crippen LogP contribution in [-0.4, -0.2) is 18.2 Å². The summed E-state index contributed by atoms with van der Waals surface area (Å²) < 4.78 is 40.2. The summed E-state index contributed by atoms with van der Waals surface area (Å²) in [6, 6.07) is 0. The van der Waals surface area contributed by atoms with E-state index >= 15 is 0 Å². The van der Waals surface area contributed by atoms with Gasteiger partial charge in [-0.3, -0.25) is 4.79 Å². The SMILES string of the molecule is O=COC1(C(F)(F)F)CCC1. The van der Waals surface area contributed by atoms with Gasteiger partial charge in [0.1, 0.15) is 0 Å². The fourth-order valence-corrected chi connectivity index (χ4v) is 1.06. The van der Waals surface area contributed by atoms with Gasteiger partial charge in [-0.05, 0) is 19.3 Å². The van der Waals surface area contributed by atoms with Crippen LogP contribution in [0.15, 0.2) is 0 Å². The predicted molar refractivity (Wildman–Crippen MR) is 29.8 cm³/mol. The number of alkyl halides is 3. The van der Waals surface area contributed by atoms with Gasteiger partial charge in [0.05, 0.1) is 0 Å².